The molecule has 1 aromatic rings. The minimum absolute atomic E-state index is 0.129. The molecule has 0 saturated carbocycles. The van der Waals surface area contributed by atoms with Crippen LogP contribution in [0.2, 0.25) is 0 Å². The number of benzene rings is 1. The predicted octanol–water partition coefficient (Wildman–Crippen LogP) is 1.29. The molecule has 0 aromatic heterocycles. The SMILES string of the molecule is COc1c(I)cc(N)cc1S(C)(=O)=O. The maximum absolute atomic E-state index is 11.4. The van der Waals surface area contributed by atoms with Crippen LogP contribution in [0, 0.1) is 3.57 Å². The zero-order valence-corrected chi connectivity index (χ0v) is 10.7. The van der Waals surface area contributed by atoms with Gasteiger partial charge < -0.3 is 10.5 Å². The van der Waals surface area contributed by atoms with Gasteiger partial charge in [0.2, 0.25) is 0 Å². The Hall–Kier alpha value is -0.500. The van der Waals surface area contributed by atoms with Crippen LogP contribution in [0.1, 0.15) is 0 Å². The molecular formula is C8H10INO3S. The lowest BCUT2D eigenvalue weighted by Gasteiger charge is -2.09. The van der Waals surface area contributed by atoms with E-state index >= 15 is 0 Å². The predicted molar refractivity (Wildman–Crippen MR) is 63.2 cm³/mol. The van der Waals surface area contributed by atoms with Gasteiger partial charge in [-0.2, -0.15) is 0 Å². The van der Waals surface area contributed by atoms with Gasteiger partial charge in [-0.05, 0) is 34.7 Å². The third-order valence-corrected chi connectivity index (χ3v) is 3.54. The van der Waals surface area contributed by atoms with Crippen molar-refractivity contribution in [2.75, 3.05) is 19.1 Å². The molecule has 1 aromatic carbocycles. The average molecular weight is 327 g/mol. The van der Waals surface area contributed by atoms with Crippen molar-refractivity contribution < 1.29 is 13.2 Å². The second-order valence-corrected chi connectivity index (χ2v) is 5.95. The molecule has 0 bridgehead atoms. The van der Waals surface area contributed by atoms with E-state index in [0.29, 0.717) is 15.0 Å². The molecule has 78 valence electrons. The Bertz CT molecular complexity index is 456. The van der Waals surface area contributed by atoms with E-state index < -0.39 is 9.84 Å². The molecule has 0 unspecified atom stereocenters. The topological polar surface area (TPSA) is 69.4 Å². The first-order chi connectivity index (χ1) is 6.36. The summed E-state index contributed by atoms with van der Waals surface area (Å²) < 4.78 is 28.5. The van der Waals surface area contributed by atoms with Crippen LogP contribution >= 0.6 is 22.6 Å². The van der Waals surface area contributed by atoms with Gasteiger partial charge in [-0.1, -0.05) is 0 Å². The molecule has 6 heteroatoms. The van der Waals surface area contributed by atoms with E-state index in [2.05, 4.69) is 0 Å². The summed E-state index contributed by atoms with van der Waals surface area (Å²) in [4.78, 5) is 0.129. The number of methoxy groups -OCH3 is 1. The van der Waals surface area contributed by atoms with Gasteiger partial charge in [-0.15, -0.1) is 0 Å². The van der Waals surface area contributed by atoms with E-state index in [0.717, 1.165) is 6.26 Å². The minimum Gasteiger partial charge on any atom is -0.494 e. The van der Waals surface area contributed by atoms with Crippen molar-refractivity contribution in [3.8, 4) is 5.75 Å². The monoisotopic (exact) mass is 327 g/mol. The molecule has 0 heterocycles. The Labute approximate surface area is 96.5 Å². The number of ether oxygens (including phenoxy) is 1. The van der Waals surface area contributed by atoms with Crippen LogP contribution in [0.15, 0.2) is 17.0 Å². The Morgan fingerprint density at radius 3 is 2.43 bits per heavy atom. The molecular weight excluding hydrogens is 317 g/mol. The number of sulfone groups is 1. The van der Waals surface area contributed by atoms with Gasteiger partial charge in [0.15, 0.2) is 15.6 Å². The number of hydrogen-bond donors (Lipinski definition) is 1. The lowest BCUT2D eigenvalue weighted by Crippen LogP contribution is -2.03. The van der Waals surface area contributed by atoms with E-state index in [4.69, 9.17) is 10.5 Å². The summed E-state index contributed by atoms with van der Waals surface area (Å²) >= 11 is 1.98. The fourth-order valence-corrected chi connectivity index (χ4v) is 3.00. The highest BCUT2D eigenvalue weighted by atomic mass is 127. The molecule has 0 atom stereocenters. The van der Waals surface area contributed by atoms with Crippen LogP contribution in [0.5, 0.6) is 5.75 Å². The third-order valence-electron chi connectivity index (χ3n) is 1.64. The lowest BCUT2D eigenvalue weighted by atomic mass is 10.3. The van der Waals surface area contributed by atoms with E-state index in [9.17, 15) is 8.42 Å². The highest BCUT2D eigenvalue weighted by molar-refractivity contribution is 14.1. The maximum atomic E-state index is 11.4. The number of hydrogen-bond acceptors (Lipinski definition) is 4. The van der Waals surface area contributed by atoms with E-state index in [1.165, 1.54) is 13.2 Å². The fourth-order valence-electron chi connectivity index (χ4n) is 1.06. The molecule has 0 aliphatic heterocycles. The molecule has 0 radical (unpaired) electrons. The van der Waals surface area contributed by atoms with Crippen LogP contribution < -0.4 is 10.5 Å². The normalized spacial score (nSPS) is 11.4. The van der Waals surface area contributed by atoms with Crippen molar-refractivity contribution in [3.05, 3.63) is 15.7 Å². The Kier molecular flexibility index (Phi) is 3.25. The van der Waals surface area contributed by atoms with Crippen molar-refractivity contribution in [3.63, 3.8) is 0 Å². The minimum atomic E-state index is -3.30. The molecule has 0 amide bonds. The maximum Gasteiger partial charge on any atom is 0.179 e. The van der Waals surface area contributed by atoms with Crippen molar-refractivity contribution in [2.24, 2.45) is 0 Å². The summed E-state index contributed by atoms with van der Waals surface area (Å²) in [6.07, 6.45) is 1.13. The second kappa shape index (κ2) is 3.93. The van der Waals surface area contributed by atoms with Gasteiger partial charge >= 0.3 is 0 Å². The summed E-state index contributed by atoms with van der Waals surface area (Å²) in [7, 11) is -1.87. The average Bonchev–Trinajstić information content (AvgIpc) is 2.01. The largest absolute Gasteiger partial charge is 0.494 e. The van der Waals surface area contributed by atoms with E-state index in [1.807, 2.05) is 22.6 Å². The standard InChI is InChI=1S/C8H10INO3S/c1-13-8-6(9)3-5(10)4-7(8)14(2,11)12/h3-4H,10H2,1-2H3. The van der Waals surface area contributed by atoms with Crippen LogP contribution in [0.25, 0.3) is 0 Å². The number of nitrogen functional groups attached to an aromatic ring is 1. The van der Waals surface area contributed by atoms with Gasteiger partial charge in [0.05, 0.1) is 10.7 Å². The molecule has 0 spiro atoms. The van der Waals surface area contributed by atoms with E-state index in [-0.39, 0.29) is 4.90 Å². The fraction of sp³-hybridized carbons (Fsp3) is 0.250. The molecule has 0 fully saturated rings. The highest BCUT2D eigenvalue weighted by Gasteiger charge is 2.17. The van der Waals surface area contributed by atoms with Crippen LogP contribution in [-0.4, -0.2) is 21.8 Å². The smallest absolute Gasteiger partial charge is 0.179 e. The summed E-state index contributed by atoms with van der Waals surface area (Å²) in [5, 5.41) is 0. The van der Waals surface area contributed by atoms with Gasteiger partial charge in [0.25, 0.3) is 0 Å². The first-order valence-corrected chi connectivity index (χ1v) is 6.66. The lowest BCUT2D eigenvalue weighted by molar-refractivity contribution is 0.400. The molecule has 4 nitrogen and oxygen atoms in total. The highest BCUT2D eigenvalue weighted by Crippen LogP contribution is 2.31. The quantitative estimate of drug-likeness (QED) is 0.656. The van der Waals surface area contributed by atoms with Crippen molar-refractivity contribution >= 4 is 38.1 Å². The first kappa shape index (κ1) is 11.6. The third kappa shape index (κ3) is 2.30. The summed E-state index contributed by atoms with van der Waals surface area (Å²) in [5.74, 6) is 0.349. The van der Waals surface area contributed by atoms with E-state index in [1.54, 1.807) is 6.07 Å². The van der Waals surface area contributed by atoms with Gasteiger partial charge in [-0.25, -0.2) is 8.42 Å². The zero-order chi connectivity index (χ0) is 10.9. The first-order valence-electron chi connectivity index (χ1n) is 3.69. The van der Waals surface area contributed by atoms with Crippen molar-refractivity contribution in [1.82, 2.24) is 0 Å². The Balaban J connectivity index is 3.56. The summed E-state index contributed by atoms with van der Waals surface area (Å²) in [5.41, 5.74) is 5.97. The van der Waals surface area contributed by atoms with Crippen LogP contribution in [-0.2, 0) is 9.84 Å². The Morgan fingerprint density at radius 1 is 1.43 bits per heavy atom. The number of anilines is 1. The number of nitrogens with two attached hydrogens (primary N) is 1. The molecule has 0 aliphatic carbocycles. The summed E-state index contributed by atoms with van der Waals surface area (Å²) in [6.45, 7) is 0. The molecule has 0 aliphatic rings. The van der Waals surface area contributed by atoms with Crippen molar-refractivity contribution in [1.29, 1.82) is 0 Å². The summed E-state index contributed by atoms with van der Waals surface area (Å²) in [6, 6.07) is 3.06. The van der Waals surface area contributed by atoms with Gasteiger partial charge in [-0.3, -0.25) is 0 Å². The zero-order valence-electron chi connectivity index (χ0n) is 7.74. The number of rotatable bonds is 2. The second-order valence-electron chi connectivity index (χ2n) is 2.81. The molecule has 2 N–H and O–H groups in total. The Morgan fingerprint density at radius 2 is 2.00 bits per heavy atom. The van der Waals surface area contributed by atoms with Gasteiger partial charge in [0, 0.05) is 11.9 Å². The van der Waals surface area contributed by atoms with Crippen LogP contribution in [0.3, 0.4) is 0 Å². The number of halogens is 1. The van der Waals surface area contributed by atoms with Crippen molar-refractivity contribution in [2.45, 2.75) is 4.90 Å². The van der Waals surface area contributed by atoms with Crippen LogP contribution in [0.4, 0.5) is 5.69 Å². The molecule has 14 heavy (non-hydrogen) atoms. The molecule has 0 saturated heterocycles. The molecule has 1 rings (SSSR count). The van der Waals surface area contributed by atoms with Gasteiger partial charge in [0.1, 0.15) is 4.90 Å².